The number of hydrogen-bond donors (Lipinski definition) is 0. The van der Waals surface area contributed by atoms with Gasteiger partial charge in [0.05, 0.1) is 31.9 Å². The molecule has 5 nitrogen and oxygen atoms in total. The molecular formula is C29H10FN5. The average molecular weight is 447 g/mol. The fourth-order valence-electron chi connectivity index (χ4n) is 4.71. The Bertz CT molecular complexity index is 1770. The molecule has 0 heterocycles. The SMILES string of the molecule is [C-]#[N+]C1=C(c2ccc3c(c2)/C(=C(\C#N)[N+]#[C-])c2cc(F)ccc2-3)/C(=C(/C#N)[N+]#[C-])c2ccccc21. The predicted octanol–water partition coefficient (Wildman–Crippen LogP) is 6.96. The molecule has 0 atom stereocenters. The van der Waals surface area contributed by atoms with Gasteiger partial charge in [-0.1, -0.05) is 42.5 Å². The molecule has 0 unspecified atom stereocenters. The first kappa shape index (κ1) is 21.1. The van der Waals surface area contributed by atoms with Gasteiger partial charge in [-0.2, -0.15) is 0 Å². The van der Waals surface area contributed by atoms with E-state index in [9.17, 15) is 14.9 Å². The standard InChI is InChI=1S/C29H10FN5/c1-33-24(14-31)27-22-12-16(8-10-18(22)19-11-9-17(30)13-23(19)27)26-28(25(15-32)34-2)20-6-4-5-7-21(20)29(26)35-3/h4-13H/b27-24-,28-25-. The van der Waals surface area contributed by atoms with Gasteiger partial charge in [0.2, 0.25) is 5.70 Å². The van der Waals surface area contributed by atoms with Gasteiger partial charge < -0.3 is 0 Å². The van der Waals surface area contributed by atoms with E-state index < -0.39 is 5.82 Å². The second-order valence-corrected chi connectivity index (χ2v) is 7.73. The summed E-state index contributed by atoms with van der Waals surface area (Å²) in [6.07, 6.45) is 0. The van der Waals surface area contributed by atoms with Gasteiger partial charge in [0, 0.05) is 5.57 Å². The highest BCUT2D eigenvalue weighted by Crippen LogP contribution is 2.52. The van der Waals surface area contributed by atoms with Gasteiger partial charge in [0.25, 0.3) is 11.4 Å². The summed E-state index contributed by atoms with van der Waals surface area (Å²) >= 11 is 0. The zero-order valence-electron chi connectivity index (χ0n) is 17.9. The topological polar surface area (TPSA) is 60.7 Å². The number of benzene rings is 3. The summed E-state index contributed by atoms with van der Waals surface area (Å²) in [4.78, 5) is 10.5. The highest BCUT2D eigenvalue weighted by molar-refractivity contribution is 6.24. The van der Waals surface area contributed by atoms with Crippen molar-refractivity contribution < 1.29 is 4.39 Å². The summed E-state index contributed by atoms with van der Waals surface area (Å²) in [5.41, 5.74) is 5.41. The monoisotopic (exact) mass is 447 g/mol. The third kappa shape index (κ3) is 2.95. The molecule has 0 saturated carbocycles. The Morgan fingerprint density at radius 2 is 1.29 bits per heavy atom. The van der Waals surface area contributed by atoms with Crippen LogP contribution in [-0.2, 0) is 0 Å². The smallest absolute Gasteiger partial charge is 0.237 e. The van der Waals surface area contributed by atoms with Crippen molar-refractivity contribution in [3.8, 4) is 23.3 Å². The summed E-state index contributed by atoms with van der Waals surface area (Å²) in [7, 11) is 0. The van der Waals surface area contributed by atoms with Crippen LogP contribution in [0, 0.1) is 48.2 Å². The number of nitrogens with zero attached hydrogens (tertiary/aromatic N) is 5. The maximum absolute atomic E-state index is 14.1. The third-order valence-electron chi connectivity index (χ3n) is 6.08. The lowest BCUT2D eigenvalue weighted by atomic mass is 9.92. The van der Waals surface area contributed by atoms with Crippen LogP contribution < -0.4 is 0 Å². The average Bonchev–Trinajstić information content (AvgIpc) is 3.38. The van der Waals surface area contributed by atoms with Crippen LogP contribution in [0.1, 0.15) is 27.8 Å². The highest BCUT2D eigenvalue weighted by atomic mass is 19.1. The van der Waals surface area contributed by atoms with Gasteiger partial charge >= 0.3 is 0 Å². The second-order valence-electron chi connectivity index (χ2n) is 7.73. The molecule has 6 heteroatoms. The first-order valence-corrected chi connectivity index (χ1v) is 10.3. The zero-order chi connectivity index (χ0) is 24.7. The molecule has 0 saturated heterocycles. The summed E-state index contributed by atoms with van der Waals surface area (Å²) in [5.74, 6) is -0.485. The van der Waals surface area contributed by atoms with Crippen molar-refractivity contribution >= 4 is 22.4 Å². The van der Waals surface area contributed by atoms with Gasteiger partial charge in [-0.25, -0.2) is 29.4 Å². The molecule has 2 aliphatic rings. The largest absolute Gasteiger partial charge is 0.270 e. The van der Waals surface area contributed by atoms with Crippen molar-refractivity contribution in [1.29, 1.82) is 10.5 Å². The van der Waals surface area contributed by atoms with E-state index in [-0.39, 0.29) is 11.4 Å². The van der Waals surface area contributed by atoms with Crippen LogP contribution in [0.25, 0.3) is 48.1 Å². The number of nitriles is 2. The summed E-state index contributed by atoms with van der Waals surface area (Å²) in [5, 5.41) is 19.3. The van der Waals surface area contributed by atoms with Crippen LogP contribution in [0.5, 0.6) is 0 Å². The van der Waals surface area contributed by atoms with E-state index in [0.29, 0.717) is 55.8 Å². The Labute approximate surface area is 200 Å². The van der Waals surface area contributed by atoms with Gasteiger partial charge in [0.15, 0.2) is 0 Å². The fourth-order valence-corrected chi connectivity index (χ4v) is 4.71. The van der Waals surface area contributed by atoms with Crippen LogP contribution in [0.2, 0.25) is 0 Å². The minimum atomic E-state index is -0.485. The predicted molar refractivity (Wildman–Crippen MR) is 129 cm³/mol. The third-order valence-corrected chi connectivity index (χ3v) is 6.08. The van der Waals surface area contributed by atoms with Crippen LogP contribution in [0.4, 0.5) is 4.39 Å². The first-order chi connectivity index (χ1) is 17.1. The molecule has 3 aromatic carbocycles. The maximum atomic E-state index is 14.1. The molecule has 2 aliphatic carbocycles. The molecule has 0 radical (unpaired) electrons. The normalized spacial score (nSPS) is 15.4. The second kappa shape index (κ2) is 7.99. The number of hydrogen-bond acceptors (Lipinski definition) is 2. The van der Waals surface area contributed by atoms with Gasteiger partial charge in [0.1, 0.15) is 5.82 Å². The van der Waals surface area contributed by atoms with Crippen LogP contribution in [0.15, 0.2) is 72.1 Å². The molecule has 0 N–H and O–H groups in total. The van der Waals surface area contributed by atoms with Gasteiger partial charge in [-0.15, -0.1) is 0 Å². The lowest BCUT2D eigenvalue weighted by Gasteiger charge is -2.12. The highest BCUT2D eigenvalue weighted by Gasteiger charge is 2.32. The van der Waals surface area contributed by atoms with Crippen molar-refractivity contribution in [2.75, 3.05) is 0 Å². The summed E-state index contributed by atoms with van der Waals surface area (Å²) in [6, 6.07) is 20.6. The molecule has 0 aromatic heterocycles. The molecule has 3 aromatic rings. The molecular weight excluding hydrogens is 437 g/mol. The van der Waals surface area contributed by atoms with E-state index in [1.165, 1.54) is 12.1 Å². The van der Waals surface area contributed by atoms with E-state index in [4.69, 9.17) is 19.7 Å². The molecule has 158 valence electrons. The van der Waals surface area contributed by atoms with Crippen LogP contribution in [-0.4, -0.2) is 0 Å². The van der Waals surface area contributed by atoms with Crippen LogP contribution >= 0.6 is 0 Å². The molecule has 0 fully saturated rings. The molecule has 0 bridgehead atoms. The van der Waals surface area contributed by atoms with E-state index in [1.807, 2.05) is 12.1 Å². The Kier molecular flexibility index (Phi) is 4.82. The van der Waals surface area contributed by atoms with Crippen molar-refractivity contribution in [2.45, 2.75) is 0 Å². The van der Waals surface area contributed by atoms with Gasteiger partial charge in [-0.05, 0) is 68.3 Å². The van der Waals surface area contributed by atoms with Crippen LogP contribution in [0.3, 0.4) is 0 Å². The number of allylic oxidation sites excluding steroid dienone is 4. The lowest BCUT2D eigenvalue weighted by Crippen LogP contribution is -1.92. The molecule has 0 amide bonds. The number of rotatable bonds is 1. The Balaban J connectivity index is 1.86. The fraction of sp³-hybridized carbons (Fsp3) is 0. The lowest BCUT2D eigenvalue weighted by molar-refractivity contribution is 0.627. The van der Waals surface area contributed by atoms with E-state index in [1.54, 1.807) is 48.5 Å². The minimum Gasteiger partial charge on any atom is -0.237 e. The van der Waals surface area contributed by atoms with E-state index in [0.717, 1.165) is 5.56 Å². The summed E-state index contributed by atoms with van der Waals surface area (Å²) < 4.78 is 14.1. The maximum Gasteiger partial charge on any atom is 0.270 e. The Hall–Kier alpha value is -5.74. The molecule has 35 heavy (non-hydrogen) atoms. The molecule has 0 spiro atoms. The summed E-state index contributed by atoms with van der Waals surface area (Å²) in [6.45, 7) is 22.9. The first-order valence-electron chi connectivity index (χ1n) is 10.3. The van der Waals surface area contributed by atoms with E-state index >= 15 is 0 Å². The van der Waals surface area contributed by atoms with E-state index in [2.05, 4.69) is 14.5 Å². The minimum absolute atomic E-state index is 0.133. The van der Waals surface area contributed by atoms with Crippen molar-refractivity contribution in [3.05, 3.63) is 140 Å². The van der Waals surface area contributed by atoms with Crippen molar-refractivity contribution in [3.63, 3.8) is 0 Å². The Morgan fingerprint density at radius 1 is 0.686 bits per heavy atom. The molecule has 0 aliphatic heterocycles. The van der Waals surface area contributed by atoms with Gasteiger partial charge in [-0.3, -0.25) is 0 Å². The molecule has 5 rings (SSSR count). The zero-order valence-corrected chi connectivity index (χ0v) is 17.9. The van der Waals surface area contributed by atoms with Crippen molar-refractivity contribution in [1.82, 2.24) is 0 Å². The number of halogens is 1. The van der Waals surface area contributed by atoms with Crippen molar-refractivity contribution in [2.24, 2.45) is 0 Å². The number of fused-ring (bicyclic) bond motifs is 4. The quantitative estimate of drug-likeness (QED) is 0.234. The Morgan fingerprint density at radius 3 is 1.91 bits per heavy atom.